The summed E-state index contributed by atoms with van der Waals surface area (Å²) in [6, 6.07) is 15.3. The number of aryl methyl sites for hydroxylation is 1. The third-order valence-electron chi connectivity index (χ3n) is 5.16. The number of ketones is 1. The quantitative estimate of drug-likeness (QED) is 0.496. The second-order valence-corrected chi connectivity index (χ2v) is 9.57. The van der Waals surface area contributed by atoms with E-state index in [1.807, 2.05) is 0 Å². The van der Waals surface area contributed by atoms with Gasteiger partial charge in [-0.25, -0.2) is 8.42 Å². The number of hydrogen-bond acceptors (Lipinski definition) is 5. The SMILES string of the molecule is COc1ccc(C(=O)c2cc(N(Cc3ccc[nH]3)S(=O)(=O)C(C)CO)ccc2C)cc1. The first-order valence-electron chi connectivity index (χ1n) is 9.82. The van der Waals surface area contributed by atoms with Crippen LogP contribution in [-0.4, -0.2) is 43.3 Å². The molecule has 2 aromatic carbocycles. The number of hydrogen-bond donors (Lipinski definition) is 2. The Kier molecular flexibility index (Phi) is 6.82. The molecule has 0 aliphatic heterocycles. The number of benzene rings is 2. The summed E-state index contributed by atoms with van der Waals surface area (Å²) in [6.45, 7) is 2.81. The molecule has 0 fully saturated rings. The van der Waals surface area contributed by atoms with Gasteiger partial charge >= 0.3 is 0 Å². The molecular weight excluding hydrogens is 416 g/mol. The Morgan fingerprint density at radius 1 is 1.16 bits per heavy atom. The van der Waals surface area contributed by atoms with E-state index in [9.17, 15) is 18.3 Å². The number of methoxy groups -OCH3 is 1. The summed E-state index contributed by atoms with van der Waals surface area (Å²) in [4.78, 5) is 16.1. The summed E-state index contributed by atoms with van der Waals surface area (Å²) in [5.41, 5.74) is 2.67. The third kappa shape index (κ3) is 4.81. The number of aliphatic hydroxyl groups excluding tert-OH is 1. The summed E-state index contributed by atoms with van der Waals surface area (Å²) in [5, 5.41) is 8.50. The normalized spacial score (nSPS) is 12.4. The monoisotopic (exact) mass is 442 g/mol. The van der Waals surface area contributed by atoms with Crippen molar-refractivity contribution in [3.63, 3.8) is 0 Å². The lowest BCUT2D eigenvalue weighted by atomic mass is 9.98. The lowest BCUT2D eigenvalue weighted by Crippen LogP contribution is -2.39. The summed E-state index contributed by atoms with van der Waals surface area (Å²) in [6.07, 6.45) is 1.71. The van der Waals surface area contributed by atoms with Gasteiger partial charge in [-0.05, 0) is 67.9 Å². The Bertz CT molecular complexity index is 1140. The van der Waals surface area contributed by atoms with Crippen LogP contribution in [0.15, 0.2) is 60.8 Å². The number of H-pyrrole nitrogens is 1. The highest BCUT2D eigenvalue weighted by Gasteiger charge is 2.30. The van der Waals surface area contributed by atoms with Crippen LogP contribution >= 0.6 is 0 Å². The topological polar surface area (TPSA) is 99.7 Å². The highest BCUT2D eigenvalue weighted by Crippen LogP contribution is 2.27. The molecule has 7 nitrogen and oxygen atoms in total. The third-order valence-corrected chi connectivity index (χ3v) is 7.28. The lowest BCUT2D eigenvalue weighted by molar-refractivity contribution is 0.103. The zero-order valence-corrected chi connectivity index (χ0v) is 18.5. The van der Waals surface area contributed by atoms with Crippen molar-refractivity contribution >= 4 is 21.5 Å². The van der Waals surface area contributed by atoms with E-state index in [1.165, 1.54) is 11.2 Å². The van der Waals surface area contributed by atoms with E-state index in [2.05, 4.69) is 4.98 Å². The van der Waals surface area contributed by atoms with Gasteiger partial charge in [0.05, 0.1) is 25.9 Å². The second kappa shape index (κ2) is 9.36. The van der Waals surface area contributed by atoms with Gasteiger partial charge < -0.3 is 14.8 Å². The molecule has 0 radical (unpaired) electrons. The van der Waals surface area contributed by atoms with E-state index in [1.54, 1.807) is 74.8 Å². The fourth-order valence-electron chi connectivity index (χ4n) is 3.17. The van der Waals surface area contributed by atoms with Crippen LogP contribution in [0.5, 0.6) is 5.75 Å². The molecule has 0 aliphatic rings. The number of aliphatic hydroxyl groups is 1. The van der Waals surface area contributed by atoms with Crippen LogP contribution in [0.3, 0.4) is 0 Å². The van der Waals surface area contributed by atoms with Crippen molar-refractivity contribution in [2.24, 2.45) is 0 Å². The van der Waals surface area contributed by atoms with Gasteiger partial charge in [0.25, 0.3) is 0 Å². The Labute approximate surface area is 182 Å². The molecular formula is C23H26N2O5S. The van der Waals surface area contributed by atoms with Gasteiger partial charge in [-0.2, -0.15) is 0 Å². The Balaban J connectivity index is 2.05. The maximum Gasteiger partial charge on any atom is 0.240 e. The number of nitrogens with one attached hydrogen (secondary N) is 1. The van der Waals surface area contributed by atoms with Crippen molar-refractivity contribution in [2.45, 2.75) is 25.6 Å². The summed E-state index contributed by atoms with van der Waals surface area (Å²) in [7, 11) is -2.32. The molecule has 3 aromatic rings. The van der Waals surface area contributed by atoms with Gasteiger partial charge in [0, 0.05) is 23.0 Å². The van der Waals surface area contributed by atoms with Crippen LogP contribution in [0.25, 0.3) is 0 Å². The summed E-state index contributed by atoms with van der Waals surface area (Å²) >= 11 is 0. The number of nitrogens with zero attached hydrogens (tertiary/aromatic N) is 1. The largest absolute Gasteiger partial charge is 0.497 e. The number of carbonyl (C=O) groups excluding carboxylic acids is 1. The fraction of sp³-hybridized carbons (Fsp3) is 0.261. The van der Waals surface area contributed by atoms with Crippen molar-refractivity contribution in [3.8, 4) is 5.75 Å². The molecule has 1 heterocycles. The summed E-state index contributed by atoms with van der Waals surface area (Å²) in [5.74, 6) is 0.428. The van der Waals surface area contributed by atoms with Crippen LogP contribution in [0.1, 0.15) is 34.1 Å². The molecule has 31 heavy (non-hydrogen) atoms. The molecule has 2 N–H and O–H groups in total. The van der Waals surface area contributed by atoms with E-state index in [4.69, 9.17) is 4.74 Å². The highest BCUT2D eigenvalue weighted by atomic mass is 32.2. The van der Waals surface area contributed by atoms with E-state index in [0.29, 0.717) is 28.3 Å². The zero-order chi connectivity index (χ0) is 22.6. The molecule has 0 spiro atoms. The molecule has 1 atom stereocenters. The minimum Gasteiger partial charge on any atom is -0.497 e. The molecule has 0 saturated carbocycles. The minimum atomic E-state index is -3.87. The molecule has 164 valence electrons. The second-order valence-electron chi connectivity index (χ2n) is 7.30. The number of carbonyl (C=O) groups is 1. The highest BCUT2D eigenvalue weighted by molar-refractivity contribution is 7.93. The number of ether oxygens (including phenoxy) is 1. The number of aromatic nitrogens is 1. The molecule has 1 unspecified atom stereocenters. The minimum absolute atomic E-state index is 0.0545. The van der Waals surface area contributed by atoms with Crippen molar-refractivity contribution in [2.75, 3.05) is 18.0 Å². The number of rotatable bonds is 9. The van der Waals surface area contributed by atoms with Gasteiger partial charge in [-0.15, -0.1) is 0 Å². The first kappa shape index (κ1) is 22.6. The first-order valence-corrected chi connectivity index (χ1v) is 11.3. The van der Waals surface area contributed by atoms with Crippen LogP contribution in [0.4, 0.5) is 5.69 Å². The maximum atomic E-state index is 13.1. The molecule has 0 bridgehead atoms. The van der Waals surface area contributed by atoms with Gasteiger partial charge in [-0.3, -0.25) is 9.10 Å². The Hall–Kier alpha value is -3.10. The molecule has 8 heteroatoms. The Morgan fingerprint density at radius 2 is 1.87 bits per heavy atom. The van der Waals surface area contributed by atoms with Gasteiger partial charge in [0.2, 0.25) is 10.0 Å². The van der Waals surface area contributed by atoms with Gasteiger partial charge in [0.15, 0.2) is 5.78 Å². The Morgan fingerprint density at radius 3 is 2.45 bits per heavy atom. The van der Waals surface area contributed by atoms with E-state index < -0.39 is 21.9 Å². The van der Waals surface area contributed by atoms with Crippen LogP contribution in [-0.2, 0) is 16.6 Å². The average Bonchev–Trinajstić information content (AvgIpc) is 3.30. The lowest BCUT2D eigenvalue weighted by Gasteiger charge is -2.27. The van der Waals surface area contributed by atoms with Crippen LogP contribution < -0.4 is 9.04 Å². The van der Waals surface area contributed by atoms with E-state index >= 15 is 0 Å². The predicted molar refractivity (Wildman–Crippen MR) is 120 cm³/mol. The average molecular weight is 443 g/mol. The van der Waals surface area contributed by atoms with Crippen molar-refractivity contribution in [1.82, 2.24) is 4.98 Å². The number of aromatic amines is 1. The van der Waals surface area contributed by atoms with Crippen LogP contribution in [0.2, 0.25) is 0 Å². The summed E-state index contributed by atoms with van der Waals surface area (Å²) < 4.78 is 32.7. The van der Waals surface area contributed by atoms with Crippen molar-refractivity contribution in [3.05, 3.63) is 83.2 Å². The molecule has 0 aliphatic carbocycles. The van der Waals surface area contributed by atoms with Crippen molar-refractivity contribution < 1.29 is 23.1 Å². The first-order chi connectivity index (χ1) is 14.8. The predicted octanol–water partition coefficient (Wildman–Crippen LogP) is 3.28. The number of sulfonamides is 1. The van der Waals surface area contributed by atoms with Crippen molar-refractivity contribution in [1.29, 1.82) is 0 Å². The molecule has 0 saturated heterocycles. The maximum absolute atomic E-state index is 13.1. The number of anilines is 1. The molecule has 0 amide bonds. The fourth-order valence-corrected chi connectivity index (χ4v) is 4.52. The molecule has 3 rings (SSSR count). The smallest absolute Gasteiger partial charge is 0.240 e. The van der Waals surface area contributed by atoms with Gasteiger partial charge in [0.1, 0.15) is 11.0 Å². The van der Waals surface area contributed by atoms with E-state index in [0.717, 1.165) is 5.56 Å². The van der Waals surface area contributed by atoms with Crippen LogP contribution in [0, 0.1) is 6.92 Å². The van der Waals surface area contributed by atoms with E-state index in [-0.39, 0.29) is 12.3 Å². The molecule has 1 aromatic heterocycles. The standard InChI is InChI=1S/C23H26N2O5S/c1-16-6-9-20(13-22(16)23(27)18-7-10-21(30-3)11-8-18)25(14-19-5-4-12-24-19)31(28,29)17(2)15-26/h4-13,17,24,26H,14-15H2,1-3H3. The van der Waals surface area contributed by atoms with Gasteiger partial charge in [-0.1, -0.05) is 6.07 Å². The zero-order valence-electron chi connectivity index (χ0n) is 17.7.